The maximum absolute atomic E-state index is 13.0. The second kappa shape index (κ2) is 6.37. The SMILES string of the molecule is CCC1CCCC(N2C(=O)C(C)(CC)NC(=O)C2CC)C1. The lowest BCUT2D eigenvalue weighted by molar-refractivity contribution is -0.158. The van der Waals surface area contributed by atoms with E-state index in [1.54, 1.807) is 0 Å². The van der Waals surface area contributed by atoms with Gasteiger partial charge in [0.15, 0.2) is 0 Å². The second-order valence-corrected chi connectivity index (χ2v) is 6.91. The molecule has 2 rings (SSSR count). The van der Waals surface area contributed by atoms with Crippen molar-refractivity contribution in [3.8, 4) is 0 Å². The predicted octanol–water partition coefficient (Wildman–Crippen LogP) is 2.86. The largest absolute Gasteiger partial charge is 0.340 e. The molecule has 0 aromatic rings. The summed E-state index contributed by atoms with van der Waals surface area (Å²) >= 11 is 0. The highest BCUT2D eigenvalue weighted by atomic mass is 16.2. The minimum Gasteiger partial charge on any atom is -0.340 e. The van der Waals surface area contributed by atoms with Crippen molar-refractivity contribution < 1.29 is 9.59 Å². The van der Waals surface area contributed by atoms with Gasteiger partial charge in [0.25, 0.3) is 0 Å². The second-order valence-electron chi connectivity index (χ2n) is 6.91. The average molecular weight is 294 g/mol. The van der Waals surface area contributed by atoms with Gasteiger partial charge in [0, 0.05) is 6.04 Å². The van der Waals surface area contributed by atoms with E-state index >= 15 is 0 Å². The Morgan fingerprint density at radius 3 is 2.48 bits per heavy atom. The highest BCUT2D eigenvalue weighted by molar-refractivity contribution is 5.99. The summed E-state index contributed by atoms with van der Waals surface area (Å²) in [4.78, 5) is 27.4. The Morgan fingerprint density at radius 1 is 1.19 bits per heavy atom. The first-order valence-corrected chi connectivity index (χ1v) is 8.61. The quantitative estimate of drug-likeness (QED) is 0.866. The average Bonchev–Trinajstić information content (AvgIpc) is 2.50. The molecule has 1 aliphatic heterocycles. The Hall–Kier alpha value is -1.06. The number of nitrogens with one attached hydrogen (secondary N) is 1. The van der Waals surface area contributed by atoms with Gasteiger partial charge in [0.1, 0.15) is 11.6 Å². The lowest BCUT2D eigenvalue weighted by Gasteiger charge is -2.49. The van der Waals surface area contributed by atoms with E-state index < -0.39 is 5.54 Å². The van der Waals surface area contributed by atoms with Crippen molar-refractivity contribution in [3.63, 3.8) is 0 Å². The highest BCUT2D eigenvalue weighted by Gasteiger charge is 2.49. The first kappa shape index (κ1) is 16.3. The van der Waals surface area contributed by atoms with E-state index in [2.05, 4.69) is 12.2 Å². The number of hydrogen-bond acceptors (Lipinski definition) is 2. The molecule has 1 aliphatic carbocycles. The van der Waals surface area contributed by atoms with Crippen LogP contribution in [0.3, 0.4) is 0 Å². The van der Waals surface area contributed by atoms with Crippen LogP contribution in [0.4, 0.5) is 0 Å². The number of rotatable bonds is 4. The molecule has 4 heteroatoms. The number of hydrogen-bond donors (Lipinski definition) is 1. The molecule has 4 unspecified atom stereocenters. The molecule has 1 heterocycles. The van der Waals surface area contributed by atoms with Crippen molar-refractivity contribution in [1.29, 1.82) is 0 Å². The lowest BCUT2D eigenvalue weighted by Crippen LogP contribution is -2.71. The zero-order valence-electron chi connectivity index (χ0n) is 13.9. The topological polar surface area (TPSA) is 49.4 Å². The van der Waals surface area contributed by atoms with E-state index in [0.29, 0.717) is 18.8 Å². The molecule has 4 atom stereocenters. The summed E-state index contributed by atoms with van der Waals surface area (Å²) < 4.78 is 0. The van der Waals surface area contributed by atoms with Gasteiger partial charge in [-0.2, -0.15) is 0 Å². The van der Waals surface area contributed by atoms with E-state index in [-0.39, 0.29) is 23.9 Å². The van der Waals surface area contributed by atoms with Gasteiger partial charge in [0.2, 0.25) is 11.8 Å². The third-order valence-electron chi connectivity index (χ3n) is 5.56. The molecule has 0 radical (unpaired) electrons. The molecule has 1 saturated heterocycles. The third-order valence-corrected chi connectivity index (χ3v) is 5.56. The van der Waals surface area contributed by atoms with Crippen molar-refractivity contribution in [3.05, 3.63) is 0 Å². The Labute approximate surface area is 128 Å². The van der Waals surface area contributed by atoms with Crippen LogP contribution in [0.2, 0.25) is 0 Å². The fourth-order valence-electron chi connectivity index (χ4n) is 3.89. The van der Waals surface area contributed by atoms with Crippen molar-refractivity contribution in [2.75, 3.05) is 0 Å². The molecular weight excluding hydrogens is 264 g/mol. The zero-order chi connectivity index (χ0) is 15.6. The van der Waals surface area contributed by atoms with E-state index in [4.69, 9.17) is 0 Å². The molecule has 4 nitrogen and oxygen atoms in total. The summed E-state index contributed by atoms with van der Waals surface area (Å²) in [5.74, 6) is 0.852. The predicted molar refractivity (Wildman–Crippen MR) is 83.8 cm³/mol. The van der Waals surface area contributed by atoms with Crippen LogP contribution in [0.25, 0.3) is 0 Å². The molecule has 0 spiro atoms. The summed E-state index contributed by atoms with van der Waals surface area (Å²) in [6.45, 7) is 8.06. The fraction of sp³-hybridized carbons (Fsp3) is 0.882. The first-order chi connectivity index (χ1) is 9.96. The highest BCUT2D eigenvalue weighted by Crippen LogP contribution is 2.34. The van der Waals surface area contributed by atoms with Crippen LogP contribution >= 0.6 is 0 Å². The summed E-state index contributed by atoms with van der Waals surface area (Å²) in [6, 6.07) is -0.0317. The van der Waals surface area contributed by atoms with Crippen molar-refractivity contribution in [2.45, 2.75) is 90.3 Å². The van der Waals surface area contributed by atoms with Crippen LogP contribution in [0.5, 0.6) is 0 Å². The summed E-state index contributed by atoms with van der Waals surface area (Å²) in [6.07, 6.45) is 7.07. The molecule has 1 saturated carbocycles. The van der Waals surface area contributed by atoms with Gasteiger partial charge < -0.3 is 10.2 Å². The first-order valence-electron chi connectivity index (χ1n) is 8.61. The summed E-state index contributed by atoms with van der Waals surface area (Å²) in [7, 11) is 0. The minimum absolute atomic E-state index is 0.0278. The number of nitrogens with zero attached hydrogens (tertiary/aromatic N) is 1. The Morgan fingerprint density at radius 2 is 1.90 bits per heavy atom. The van der Waals surface area contributed by atoms with Gasteiger partial charge >= 0.3 is 0 Å². The van der Waals surface area contributed by atoms with Crippen LogP contribution < -0.4 is 5.32 Å². The van der Waals surface area contributed by atoms with Gasteiger partial charge in [-0.1, -0.05) is 40.0 Å². The monoisotopic (exact) mass is 294 g/mol. The summed E-state index contributed by atoms with van der Waals surface area (Å²) in [5, 5.41) is 2.96. The standard InChI is InChI=1S/C17H30N2O2/c1-5-12-9-8-10-13(11-12)19-14(6-2)15(20)18-17(4,7-3)16(19)21/h12-14H,5-11H2,1-4H3,(H,18,20). The van der Waals surface area contributed by atoms with Crippen LogP contribution in [0.1, 0.15) is 72.6 Å². The number of carbonyl (C=O) groups is 2. The summed E-state index contributed by atoms with van der Waals surface area (Å²) in [5.41, 5.74) is -0.720. The Kier molecular flexibility index (Phi) is 4.95. The molecular formula is C17H30N2O2. The van der Waals surface area contributed by atoms with Crippen LogP contribution in [0, 0.1) is 5.92 Å². The van der Waals surface area contributed by atoms with Crippen molar-refractivity contribution >= 4 is 11.8 Å². The van der Waals surface area contributed by atoms with Crippen LogP contribution in [0.15, 0.2) is 0 Å². The maximum atomic E-state index is 13.0. The molecule has 2 aliphatic rings. The molecule has 2 fully saturated rings. The normalized spacial score (nSPS) is 37.5. The molecule has 21 heavy (non-hydrogen) atoms. The number of amides is 2. The third kappa shape index (κ3) is 2.95. The molecule has 0 aromatic carbocycles. The molecule has 0 aromatic heterocycles. The Balaban J connectivity index is 2.27. The van der Waals surface area contributed by atoms with E-state index in [0.717, 1.165) is 12.8 Å². The van der Waals surface area contributed by atoms with Crippen molar-refractivity contribution in [1.82, 2.24) is 10.2 Å². The van der Waals surface area contributed by atoms with Crippen LogP contribution in [-0.4, -0.2) is 34.3 Å². The minimum atomic E-state index is -0.720. The maximum Gasteiger partial charge on any atom is 0.248 e. The van der Waals surface area contributed by atoms with Gasteiger partial charge in [0.05, 0.1) is 0 Å². The fourth-order valence-corrected chi connectivity index (χ4v) is 3.89. The number of piperazine rings is 1. The van der Waals surface area contributed by atoms with Gasteiger partial charge in [-0.05, 0) is 38.5 Å². The molecule has 1 N–H and O–H groups in total. The molecule has 0 bridgehead atoms. The molecule has 2 amide bonds. The van der Waals surface area contributed by atoms with E-state index in [9.17, 15) is 9.59 Å². The van der Waals surface area contributed by atoms with Gasteiger partial charge in [-0.15, -0.1) is 0 Å². The Bertz CT molecular complexity index is 410. The van der Waals surface area contributed by atoms with Gasteiger partial charge in [-0.3, -0.25) is 9.59 Å². The smallest absolute Gasteiger partial charge is 0.248 e. The van der Waals surface area contributed by atoms with Crippen LogP contribution in [-0.2, 0) is 9.59 Å². The lowest BCUT2D eigenvalue weighted by atomic mass is 9.81. The van der Waals surface area contributed by atoms with E-state index in [1.165, 1.54) is 19.3 Å². The molecule has 120 valence electrons. The zero-order valence-corrected chi connectivity index (χ0v) is 13.9. The van der Waals surface area contributed by atoms with E-state index in [1.807, 2.05) is 25.7 Å². The van der Waals surface area contributed by atoms with Crippen molar-refractivity contribution in [2.24, 2.45) is 5.92 Å². The number of carbonyl (C=O) groups excluding carboxylic acids is 2. The van der Waals surface area contributed by atoms with Gasteiger partial charge in [-0.25, -0.2) is 0 Å².